The van der Waals surface area contributed by atoms with Crippen molar-refractivity contribution in [1.82, 2.24) is 9.78 Å². The highest BCUT2D eigenvalue weighted by molar-refractivity contribution is 5.85. The van der Waals surface area contributed by atoms with E-state index < -0.39 is 21.9 Å². The van der Waals surface area contributed by atoms with Crippen LogP contribution in [-0.4, -0.2) is 14.7 Å². The maximum absolute atomic E-state index is 12.1. The lowest BCUT2D eigenvalue weighted by molar-refractivity contribution is -0.384. The first-order valence-electron chi connectivity index (χ1n) is 6.54. The van der Waals surface area contributed by atoms with Crippen LogP contribution < -0.4 is 11.3 Å². The number of fused-ring (bicyclic) bond motifs is 1. The molecule has 0 aliphatic rings. The van der Waals surface area contributed by atoms with Crippen molar-refractivity contribution in [2.24, 2.45) is 0 Å². The van der Waals surface area contributed by atoms with Crippen LogP contribution in [0.4, 0.5) is 11.4 Å². The molecule has 22 heavy (non-hydrogen) atoms. The molecule has 3 aromatic rings. The summed E-state index contributed by atoms with van der Waals surface area (Å²) >= 11 is 0. The lowest BCUT2D eigenvalue weighted by Crippen LogP contribution is -2.26. The van der Waals surface area contributed by atoms with Gasteiger partial charge in [-0.15, -0.1) is 0 Å². The van der Waals surface area contributed by atoms with Gasteiger partial charge in [0.15, 0.2) is 5.69 Å². The average molecular weight is 296 g/mol. The van der Waals surface area contributed by atoms with Gasteiger partial charge in [-0.05, 0) is 16.3 Å². The van der Waals surface area contributed by atoms with Gasteiger partial charge in [-0.3, -0.25) is 14.9 Å². The Balaban J connectivity index is 2.08. The van der Waals surface area contributed by atoms with Crippen LogP contribution in [0.15, 0.2) is 53.5 Å². The van der Waals surface area contributed by atoms with E-state index in [4.69, 9.17) is 5.73 Å². The molecular formula is C15H12N4O3. The number of anilines is 1. The maximum atomic E-state index is 12.1. The maximum Gasteiger partial charge on any atom is 0.317 e. The first-order valence-corrected chi connectivity index (χ1v) is 6.54. The van der Waals surface area contributed by atoms with E-state index in [0.717, 1.165) is 27.2 Å². The summed E-state index contributed by atoms with van der Waals surface area (Å²) in [6.07, 6.45) is 1.00. The number of nitrogen functional groups attached to an aromatic ring is 1. The van der Waals surface area contributed by atoms with Gasteiger partial charge in [0.25, 0.3) is 5.56 Å². The Morgan fingerprint density at radius 3 is 2.68 bits per heavy atom. The molecule has 7 heteroatoms. The van der Waals surface area contributed by atoms with E-state index in [1.807, 2.05) is 42.5 Å². The van der Waals surface area contributed by atoms with Crippen LogP contribution in [0, 0.1) is 10.1 Å². The minimum atomic E-state index is -0.716. The molecule has 2 aromatic carbocycles. The molecule has 3 rings (SSSR count). The standard InChI is InChI=1S/C15H12N4O3/c16-14-13(19(21)22)8-17-18(15(14)20)9-11-6-3-5-10-4-1-2-7-12(10)11/h1-8H,9,16H2. The lowest BCUT2D eigenvalue weighted by atomic mass is 10.0. The summed E-state index contributed by atoms with van der Waals surface area (Å²) in [4.78, 5) is 22.1. The first kappa shape index (κ1) is 13.7. The number of benzene rings is 2. The van der Waals surface area contributed by atoms with E-state index in [1.54, 1.807) is 0 Å². The molecule has 0 saturated heterocycles. The highest BCUT2D eigenvalue weighted by atomic mass is 16.6. The van der Waals surface area contributed by atoms with E-state index in [0.29, 0.717) is 0 Å². The summed E-state index contributed by atoms with van der Waals surface area (Å²) < 4.78 is 1.13. The van der Waals surface area contributed by atoms with Gasteiger partial charge >= 0.3 is 5.69 Å². The molecule has 0 spiro atoms. The van der Waals surface area contributed by atoms with Crippen molar-refractivity contribution < 1.29 is 4.92 Å². The molecule has 1 heterocycles. The molecule has 7 nitrogen and oxygen atoms in total. The second kappa shape index (κ2) is 5.28. The number of nitro groups is 1. The zero-order chi connectivity index (χ0) is 15.7. The van der Waals surface area contributed by atoms with E-state index in [2.05, 4.69) is 5.10 Å². The normalized spacial score (nSPS) is 10.7. The van der Waals surface area contributed by atoms with Crippen molar-refractivity contribution >= 4 is 22.1 Å². The Morgan fingerprint density at radius 2 is 1.91 bits per heavy atom. The number of hydrogen-bond acceptors (Lipinski definition) is 5. The average Bonchev–Trinajstić information content (AvgIpc) is 2.52. The summed E-state index contributed by atoms with van der Waals surface area (Å²) in [6, 6.07) is 13.5. The zero-order valence-electron chi connectivity index (χ0n) is 11.5. The molecule has 0 saturated carbocycles. The highest BCUT2D eigenvalue weighted by Gasteiger charge is 2.17. The van der Waals surface area contributed by atoms with Gasteiger partial charge in [-0.25, -0.2) is 4.68 Å². The van der Waals surface area contributed by atoms with Crippen molar-refractivity contribution in [3.05, 3.63) is 74.7 Å². The van der Waals surface area contributed by atoms with Gasteiger partial charge in [-0.1, -0.05) is 42.5 Å². The van der Waals surface area contributed by atoms with Crippen LogP contribution in [0.3, 0.4) is 0 Å². The second-order valence-corrected chi connectivity index (χ2v) is 4.80. The summed E-state index contributed by atoms with van der Waals surface area (Å²) in [7, 11) is 0. The third-order valence-electron chi connectivity index (χ3n) is 3.46. The fourth-order valence-electron chi connectivity index (χ4n) is 2.34. The molecule has 0 amide bonds. The minimum Gasteiger partial charge on any atom is -0.389 e. The van der Waals surface area contributed by atoms with Crippen LogP contribution >= 0.6 is 0 Å². The van der Waals surface area contributed by atoms with Crippen LogP contribution in [0.1, 0.15) is 5.56 Å². The van der Waals surface area contributed by atoms with E-state index in [1.165, 1.54) is 0 Å². The van der Waals surface area contributed by atoms with Crippen molar-refractivity contribution in [3.8, 4) is 0 Å². The van der Waals surface area contributed by atoms with Gasteiger partial charge in [0.05, 0.1) is 11.5 Å². The summed E-state index contributed by atoms with van der Waals surface area (Å²) in [6.45, 7) is 0.197. The molecule has 110 valence electrons. The minimum absolute atomic E-state index is 0.197. The summed E-state index contributed by atoms with van der Waals surface area (Å²) in [5.74, 6) is 0. The molecule has 0 bridgehead atoms. The molecule has 0 fully saturated rings. The topological polar surface area (TPSA) is 104 Å². The zero-order valence-corrected chi connectivity index (χ0v) is 11.5. The molecule has 1 aromatic heterocycles. The van der Waals surface area contributed by atoms with Gasteiger partial charge in [-0.2, -0.15) is 5.10 Å². The van der Waals surface area contributed by atoms with Crippen LogP contribution in [-0.2, 0) is 6.54 Å². The monoisotopic (exact) mass is 296 g/mol. The largest absolute Gasteiger partial charge is 0.389 e. The Kier molecular flexibility index (Phi) is 3.30. The third-order valence-corrected chi connectivity index (χ3v) is 3.46. The number of hydrogen-bond donors (Lipinski definition) is 1. The summed E-state index contributed by atoms with van der Waals surface area (Å²) in [5, 5.41) is 16.6. The van der Waals surface area contributed by atoms with Gasteiger partial charge < -0.3 is 5.73 Å². The lowest BCUT2D eigenvalue weighted by Gasteiger charge is -2.08. The molecule has 2 N–H and O–H groups in total. The number of nitrogens with zero attached hydrogens (tertiary/aromatic N) is 3. The quantitative estimate of drug-likeness (QED) is 0.587. The Morgan fingerprint density at radius 1 is 1.18 bits per heavy atom. The fourth-order valence-corrected chi connectivity index (χ4v) is 2.34. The van der Waals surface area contributed by atoms with Crippen LogP contribution in [0.5, 0.6) is 0 Å². The predicted octanol–water partition coefficient (Wildman–Crippen LogP) is 1.94. The van der Waals surface area contributed by atoms with Crippen molar-refractivity contribution in [3.63, 3.8) is 0 Å². The smallest absolute Gasteiger partial charge is 0.317 e. The Labute approximate surface area is 124 Å². The highest BCUT2D eigenvalue weighted by Crippen LogP contribution is 2.19. The van der Waals surface area contributed by atoms with Crippen molar-refractivity contribution in [2.75, 3.05) is 5.73 Å². The van der Waals surface area contributed by atoms with E-state index in [-0.39, 0.29) is 6.54 Å². The van der Waals surface area contributed by atoms with E-state index in [9.17, 15) is 14.9 Å². The SMILES string of the molecule is Nc1c([N+](=O)[O-])cnn(Cc2cccc3ccccc23)c1=O. The van der Waals surface area contributed by atoms with Crippen LogP contribution in [0.25, 0.3) is 10.8 Å². The molecule has 0 radical (unpaired) electrons. The Bertz CT molecular complexity index is 928. The predicted molar refractivity (Wildman–Crippen MR) is 82.6 cm³/mol. The first-order chi connectivity index (χ1) is 10.6. The molecule has 0 aliphatic heterocycles. The third kappa shape index (κ3) is 2.28. The fraction of sp³-hybridized carbons (Fsp3) is 0.0667. The number of aromatic nitrogens is 2. The van der Waals surface area contributed by atoms with Crippen LogP contribution in [0.2, 0.25) is 0 Å². The van der Waals surface area contributed by atoms with Crippen molar-refractivity contribution in [2.45, 2.75) is 6.54 Å². The Hall–Kier alpha value is -3.22. The second-order valence-electron chi connectivity index (χ2n) is 4.80. The van der Waals surface area contributed by atoms with Gasteiger partial charge in [0, 0.05) is 0 Å². The molecule has 0 atom stereocenters. The van der Waals surface area contributed by atoms with E-state index >= 15 is 0 Å². The van der Waals surface area contributed by atoms with Crippen molar-refractivity contribution in [1.29, 1.82) is 0 Å². The van der Waals surface area contributed by atoms with Gasteiger partial charge in [0.2, 0.25) is 0 Å². The molecule has 0 unspecified atom stereocenters. The number of rotatable bonds is 3. The molecular weight excluding hydrogens is 284 g/mol. The summed E-state index contributed by atoms with van der Waals surface area (Å²) in [5.41, 5.74) is 4.89. The van der Waals surface area contributed by atoms with Gasteiger partial charge in [0.1, 0.15) is 6.20 Å². The molecule has 0 aliphatic carbocycles. The number of nitrogens with two attached hydrogens (primary N) is 1.